The number of carbonyl (C=O) groups excluding carboxylic acids is 1. The van der Waals surface area contributed by atoms with Crippen LogP contribution in [0.5, 0.6) is 0 Å². The fourth-order valence-corrected chi connectivity index (χ4v) is 2.05. The first kappa shape index (κ1) is 14.6. The lowest BCUT2D eigenvalue weighted by atomic mass is 10.1. The summed E-state index contributed by atoms with van der Waals surface area (Å²) in [6.07, 6.45) is 0.145. The minimum absolute atomic E-state index is 0.145. The topological polar surface area (TPSA) is 83.0 Å². The smallest absolute Gasteiger partial charge is 0.223 e. The third-order valence-corrected chi connectivity index (χ3v) is 2.67. The van der Waals surface area contributed by atoms with Crippen molar-refractivity contribution in [3.05, 3.63) is 11.4 Å². The van der Waals surface area contributed by atoms with Crippen molar-refractivity contribution in [1.82, 2.24) is 15.0 Å². The van der Waals surface area contributed by atoms with Gasteiger partial charge in [-0.3, -0.25) is 4.79 Å². The first-order chi connectivity index (χ1) is 8.45. The number of amides is 1. The highest BCUT2D eigenvalue weighted by atomic mass is 16.5. The molecule has 0 radical (unpaired) electrons. The van der Waals surface area contributed by atoms with Gasteiger partial charge in [-0.15, -0.1) is 5.10 Å². The maximum atomic E-state index is 11.0. The van der Waals surface area contributed by atoms with Gasteiger partial charge in [0.2, 0.25) is 5.91 Å². The maximum absolute atomic E-state index is 11.0. The Bertz CT molecular complexity index is 401. The van der Waals surface area contributed by atoms with Crippen molar-refractivity contribution in [2.45, 2.75) is 39.7 Å². The molecular formula is C12H22N4O2. The zero-order valence-corrected chi connectivity index (χ0v) is 11.5. The summed E-state index contributed by atoms with van der Waals surface area (Å²) in [5, 5.41) is 8.18. The van der Waals surface area contributed by atoms with Crippen LogP contribution < -0.4 is 5.73 Å². The predicted octanol–water partition coefficient (Wildman–Crippen LogP) is 0.712. The van der Waals surface area contributed by atoms with E-state index >= 15 is 0 Å². The SMILES string of the molecule is COCC(C)Cn1nnc(CC(N)=O)c1C(C)C. The van der Waals surface area contributed by atoms with Gasteiger partial charge in [-0.05, 0) is 11.8 Å². The summed E-state index contributed by atoms with van der Waals surface area (Å²) in [5.74, 6) is 0.216. The van der Waals surface area contributed by atoms with Gasteiger partial charge in [-0.1, -0.05) is 26.0 Å². The fourth-order valence-electron chi connectivity index (χ4n) is 2.05. The van der Waals surface area contributed by atoms with Crippen LogP contribution in [0.15, 0.2) is 0 Å². The highest BCUT2D eigenvalue weighted by molar-refractivity contribution is 5.76. The Morgan fingerprint density at radius 2 is 2.11 bits per heavy atom. The van der Waals surface area contributed by atoms with Crippen LogP contribution in [0.4, 0.5) is 0 Å². The second kappa shape index (κ2) is 6.49. The maximum Gasteiger partial charge on any atom is 0.223 e. The number of hydrogen-bond acceptors (Lipinski definition) is 4. The monoisotopic (exact) mass is 254 g/mol. The molecule has 6 nitrogen and oxygen atoms in total. The molecule has 1 aromatic rings. The number of hydrogen-bond donors (Lipinski definition) is 1. The molecule has 1 atom stereocenters. The Balaban J connectivity index is 2.91. The van der Waals surface area contributed by atoms with Gasteiger partial charge in [-0.2, -0.15) is 0 Å². The van der Waals surface area contributed by atoms with E-state index in [1.807, 2.05) is 4.68 Å². The second-order valence-corrected chi connectivity index (χ2v) is 4.96. The van der Waals surface area contributed by atoms with Gasteiger partial charge < -0.3 is 10.5 Å². The molecule has 0 saturated heterocycles. The third kappa shape index (κ3) is 3.80. The molecule has 0 spiro atoms. The van der Waals surface area contributed by atoms with E-state index in [0.717, 1.165) is 12.2 Å². The van der Waals surface area contributed by atoms with E-state index in [4.69, 9.17) is 10.5 Å². The van der Waals surface area contributed by atoms with E-state index in [9.17, 15) is 4.79 Å². The van der Waals surface area contributed by atoms with Crippen molar-refractivity contribution in [3.8, 4) is 0 Å². The van der Waals surface area contributed by atoms with Crippen molar-refractivity contribution < 1.29 is 9.53 Å². The lowest BCUT2D eigenvalue weighted by Crippen LogP contribution is -2.18. The van der Waals surface area contributed by atoms with Crippen molar-refractivity contribution in [2.24, 2.45) is 11.7 Å². The van der Waals surface area contributed by atoms with Gasteiger partial charge in [0.1, 0.15) is 0 Å². The minimum Gasteiger partial charge on any atom is -0.384 e. The largest absolute Gasteiger partial charge is 0.384 e. The van der Waals surface area contributed by atoms with Crippen LogP contribution in [-0.2, 0) is 22.5 Å². The van der Waals surface area contributed by atoms with Crippen molar-refractivity contribution in [2.75, 3.05) is 13.7 Å². The van der Waals surface area contributed by atoms with Crippen LogP contribution >= 0.6 is 0 Å². The molecule has 0 aromatic carbocycles. The molecule has 2 N–H and O–H groups in total. The average Bonchev–Trinajstić information content (AvgIpc) is 2.60. The van der Waals surface area contributed by atoms with E-state index < -0.39 is 0 Å². The van der Waals surface area contributed by atoms with Gasteiger partial charge in [0.15, 0.2) is 0 Å². The van der Waals surface area contributed by atoms with Crippen molar-refractivity contribution in [3.63, 3.8) is 0 Å². The number of primary amides is 1. The van der Waals surface area contributed by atoms with Crippen molar-refractivity contribution >= 4 is 5.91 Å². The normalized spacial score (nSPS) is 12.9. The van der Waals surface area contributed by atoms with Crippen molar-refractivity contribution in [1.29, 1.82) is 0 Å². The number of nitrogens with zero attached hydrogens (tertiary/aromatic N) is 3. The van der Waals surface area contributed by atoms with Gasteiger partial charge in [-0.25, -0.2) is 4.68 Å². The Morgan fingerprint density at radius 1 is 1.44 bits per heavy atom. The predicted molar refractivity (Wildman–Crippen MR) is 68.0 cm³/mol. The van der Waals surface area contributed by atoms with E-state index in [1.165, 1.54) is 0 Å². The lowest BCUT2D eigenvalue weighted by Gasteiger charge is -2.14. The molecule has 6 heteroatoms. The zero-order chi connectivity index (χ0) is 13.7. The van der Waals surface area contributed by atoms with Crippen LogP contribution in [0.2, 0.25) is 0 Å². The molecule has 18 heavy (non-hydrogen) atoms. The summed E-state index contributed by atoms with van der Waals surface area (Å²) in [5.41, 5.74) is 6.88. The van der Waals surface area contributed by atoms with E-state index in [1.54, 1.807) is 7.11 Å². The fraction of sp³-hybridized carbons (Fsp3) is 0.750. The van der Waals surface area contributed by atoms with Crippen LogP contribution in [0.25, 0.3) is 0 Å². The van der Waals surface area contributed by atoms with Crippen LogP contribution in [-0.4, -0.2) is 34.6 Å². The number of rotatable bonds is 7. The minimum atomic E-state index is -0.381. The number of ether oxygens (including phenoxy) is 1. The van der Waals surface area contributed by atoms with E-state index in [2.05, 4.69) is 31.1 Å². The van der Waals surface area contributed by atoms with E-state index in [0.29, 0.717) is 18.2 Å². The summed E-state index contributed by atoms with van der Waals surface area (Å²) in [4.78, 5) is 11.0. The number of aromatic nitrogens is 3. The van der Waals surface area contributed by atoms with Gasteiger partial charge in [0, 0.05) is 13.7 Å². The Kier molecular flexibility index (Phi) is 5.27. The molecule has 0 saturated carbocycles. The lowest BCUT2D eigenvalue weighted by molar-refractivity contribution is -0.117. The van der Waals surface area contributed by atoms with Crippen LogP contribution in [0.3, 0.4) is 0 Å². The molecule has 1 amide bonds. The first-order valence-corrected chi connectivity index (χ1v) is 6.15. The third-order valence-electron chi connectivity index (χ3n) is 2.67. The highest BCUT2D eigenvalue weighted by Crippen LogP contribution is 2.19. The molecule has 0 bridgehead atoms. The second-order valence-electron chi connectivity index (χ2n) is 4.96. The summed E-state index contributed by atoms with van der Waals surface area (Å²) < 4.78 is 6.97. The molecule has 0 aliphatic carbocycles. The van der Waals surface area contributed by atoms with Crippen LogP contribution in [0.1, 0.15) is 38.1 Å². The number of methoxy groups -OCH3 is 1. The molecule has 0 aliphatic rings. The molecule has 0 fully saturated rings. The Morgan fingerprint density at radius 3 is 2.61 bits per heavy atom. The average molecular weight is 254 g/mol. The van der Waals surface area contributed by atoms with Gasteiger partial charge in [0.25, 0.3) is 0 Å². The quantitative estimate of drug-likeness (QED) is 0.777. The molecule has 1 unspecified atom stereocenters. The summed E-state index contributed by atoms with van der Waals surface area (Å²) in [6.45, 7) is 7.60. The number of nitrogens with two attached hydrogens (primary N) is 1. The van der Waals surface area contributed by atoms with Gasteiger partial charge in [0.05, 0.1) is 24.4 Å². The molecule has 1 heterocycles. The summed E-state index contributed by atoms with van der Waals surface area (Å²) >= 11 is 0. The molecule has 1 rings (SSSR count). The standard InChI is InChI=1S/C12H22N4O2/c1-8(2)12-10(5-11(13)17)14-15-16(12)6-9(3)7-18-4/h8-9H,5-7H2,1-4H3,(H2,13,17). The highest BCUT2D eigenvalue weighted by Gasteiger charge is 2.18. The van der Waals surface area contributed by atoms with E-state index in [-0.39, 0.29) is 18.2 Å². The Labute approximate surface area is 107 Å². The summed E-state index contributed by atoms with van der Waals surface area (Å²) in [6, 6.07) is 0. The molecule has 0 aliphatic heterocycles. The molecule has 102 valence electrons. The first-order valence-electron chi connectivity index (χ1n) is 6.15. The van der Waals surface area contributed by atoms with Gasteiger partial charge >= 0.3 is 0 Å². The molecular weight excluding hydrogens is 232 g/mol. The Hall–Kier alpha value is -1.43. The number of carbonyl (C=O) groups is 1. The molecule has 1 aromatic heterocycles. The summed E-state index contributed by atoms with van der Waals surface area (Å²) in [7, 11) is 1.68. The van der Waals surface area contributed by atoms with Crippen LogP contribution in [0, 0.1) is 5.92 Å². The zero-order valence-electron chi connectivity index (χ0n) is 11.5.